The fraction of sp³-hybridized carbons (Fsp3) is 0.588. The van der Waals surface area contributed by atoms with Crippen molar-refractivity contribution in [1.29, 1.82) is 0 Å². The molecule has 0 aromatic carbocycles. The van der Waals surface area contributed by atoms with Crippen LogP contribution < -0.4 is 10.2 Å². The number of rotatable bonds is 10. The van der Waals surface area contributed by atoms with E-state index in [1.807, 2.05) is 60.8 Å². The van der Waals surface area contributed by atoms with Crippen molar-refractivity contribution in [2.45, 2.75) is 97.7 Å². The Balaban J connectivity index is 1.32. The topological polar surface area (TPSA) is 107 Å². The molecule has 250 valence electrons. The number of carbonyl (C=O) groups excluding carboxylic acids is 1. The van der Waals surface area contributed by atoms with Crippen LogP contribution in [-0.2, 0) is 27.5 Å². The average Bonchev–Trinajstić information content (AvgIpc) is 3.36. The number of piperazine rings is 1. The molecule has 12 heteroatoms. The van der Waals surface area contributed by atoms with Crippen LogP contribution in [0.5, 0.6) is 0 Å². The van der Waals surface area contributed by atoms with Gasteiger partial charge in [-0.3, -0.25) is 4.90 Å². The molecule has 1 fully saturated rings. The van der Waals surface area contributed by atoms with Gasteiger partial charge in [-0.25, -0.2) is 19.4 Å². The fourth-order valence-electron chi connectivity index (χ4n) is 5.94. The van der Waals surface area contributed by atoms with E-state index in [0.717, 1.165) is 53.0 Å². The quantitative estimate of drug-likeness (QED) is 0.198. The fourth-order valence-corrected chi connectivity index (χ4v) is 6.70. The molecule has 5 rings (SSSR count). The third-order valence-corrected chi connectivity index (χ3v) is 9.91. The molecule has 0 aliphatic carbocycles. The second-order valence-electron chi connectivity index (χ2n) is 14.6. The standard InChI is InChI=1S/C34H51N7O4Si/c1-24-21-39(22-25(2)41(24)33(42)45-34(3,4)5)29-11-9-10-27(37-29)20-36-28-12-15-35-32-30(28)31(26-13-16-43-17-14-26)38-40(32)23-44-18-19-46(6,7)8/h9-13,15,24-25H,14,16-23H2,1-8H3,(H,35,36)/t24-,25+. The smallest absolute Gasteiger partial charge is 0.410 e. The van der Waals surface area contributed by atoms with E-state index in [0.29, 0.717) is 39.6 Å². The number of carbonyl (C=O) groups is 1. The summed E-state index contributed by atoms with van der Waals surface area (Å²) in [5.41, 5.74) is 4.25. The van der Waals surface area contributed by atoms with Crippen molar-refractivity contribution in [2.75, 3.05) is 43.1 Å². The van der Waals surface area contributed by atoms with Gasteiger partial charge in [0.1, 0.15) is 18.1 Å². The van der Waals surface area contributed by atoms with Gasteiger partial charge in [0.25, 0.3) is 0 Å². The van der Waals surface area contributed by atoms with E-state index in [-0.39, 0.29) is 18.2 Å². The Morgan fingerprint density at radius 3 is 2.57 bits per heavy atom. The first-order chi connectivity index (χ1) is 21.8. The molecule has 46 heavy (non-hydrogen) atoms. The van der Waals surface area contributed by atoms with Crippen LogP contribution >= 0.6 is 0 Å². The molecule has 11 nitrogen and oxygen atoms in total. The first-order valence-electron chi connectivity index (χ1n) is 16.5. The molecule has 3 aromatic rings. The van der Waals surface area contributed by atoms with Gasteiger partial charge in [0, 0.05) is 39.7 Å². The molecule has 2 aliphatic heterocycles. The van der Waals surface area contributed by atoms with Crippen molar-refractivity contribution in [3.8, 4) is 0 Å². The Kier molecular flexibility index (Phi) is 10.4. The van der Waals surface area contributed by atoms with Crippen LogP contribution in [-0.4, -0.2) is 89.4 Å². The minimum atomic E-state index is -1.19. The van der Waals surface area contributed by atoms with E-state index in [2.05, 4.69) is 49.8 Å². The van der Waals surface area contributed by atoms with Crippen molar-refractivity contribution < 1.29 is 19.0 Å². The average molecular weight is 650 g/mol. The highest BCUT2D eigenvalue weighted by Gasteiger charge is 2.36. The highest BCUT2D eigenvalue weighted by atomic mass is 28.3. The zero-order valence-electron chi connectivity index (χ0n) is 28.8. The van der Waals surface area contributed by atoms with Crippen LogP contribution in [0.3, 0.4) is 0 Å². The Bertz CT molecular complexity index is 1530. The van der Waals surface area contributed by atoms with Gasteiger partial charge in [-0.05, 0) is 70.9 Å². The summed E-state index contributed by atoms with van der Waals surface area (Å²) in [7, 11) is -1.19. The summed E-state index contributed by atoms with van der Waals surface area (Å²) in [6.07, 6.45) is 4.48. The zero-order valence-corrected chi connectivity index (χ0v) is 29.8. The largest absolute Gasteiger partial charge is 0.444 e. The van der Waals surface area contributed by atoms with Gasteiger partial charge in [0.05, 0.1) is 48.6 Å². The molecular weight excluding hydrogens is 599 g/mol. The molecule has 5 heterocycles. The third-order valence-electron chi connectivity index (χ3n) is 8.21. The van der Waals surface area contributed by atoms with Gasteiger partial charge < -0.3 is 24.4 Å². The summed E-state index contributed by atoms with van der Waals surface area (Å²) in [4.78, 5) is 26.8. The first-order valence-corrected chi connectivity index (χ1v) is 20.2. The van der Waals surface area contributed by atoms with Crippen LogP contribution in [0.4, 0.5) is 16.3 Å². The summed E-state index contributed by atoms with van der Waals surface area (Å²) in [6.45, 7) is 21.1. The lowest BCUT2D eigenvalue weighted by Gasteiger charge is -2.45. The predicted octanol–water partition coefficient (Wildman–Crippen LogP) is 6.39. The highest BCUT2D eigenvalue weighted by molar-refractivity contribution is 6.76. The lowest BCUT2D eigenvalue weighted by Crippen LogP contribution is -2.59. The number of hydrogen-bond donors (Lipinski definition) is 1. The van der Waals surface area contributed by atoms with Crippen molar-refractivity contribution in [3.05, 3.63) is 47.9 Å². The number of anilines is 2. The molecule has 2 atom stereocenters. The summed E-state index contributed by atoms with van der Waals surface area (Å²) >= 11 is 0. The Morgan fingerprint density at radius 2 is 1.89 bits per heavy atom. The SMILES string of the molecule is C[C@@H]1CN(c2cccc(CNc3ccnc4c3c(C3=CCOCC3)nn4COCC[Si](C)(C)C)n2)C[C@H](C)N1C(=O)OC(C)(C)C. The Morgan fingerprint density at radius 1 is 1.13 bits per heavy atom. The predicted molar refractivity (Wildman–Crippen MR) is 186 cm³/mol. The van der Waals surface area contributed by atoms with Crippen LogP contribution in [0.25, 0.3) is 16.6 Å². The number of amides is 1. The minimum absolute atomic E-state index is 0.0127. The second-order valence-corrected chi connectivity index (χ2v) is 20.3. The molecule has 0 saturated carbocycles. The number of nitrogens with zero attached hydrogens (tertiary/aromatic N) is 6. The van der Waals surface area contributed by atoms with E-state index >= 15 is 0 Å². The van der Waals surface area contributed by atoms with E-state index < -0.39 is 13.7 Å². The van der Waals surface area contributed by atoms with Gasteiger partial charge in [-0.1, -0.05) is 31.8 Å². The molecule has 0 spiro atoms. The van der Waals surface area contributed by atoms with Crippen molar-refractivity contribution in [3.63, 3.8) is 0 Å². The molecule has 1 saturated heterocycles. The molecule has 1 N–H and O–H groups in total. The van der Waals surface area contributed by atoms with E-state index in [4.69, 9.17) is 29.3 Å². The lowest BCUT2D eigenvalue weighted by molar-refractivity contribution is 0.00559. The number of nitrogens with one attached hydrogen (secondary N) is 1. The van der Waals surface area contributed by atoms with Crippen molar-refractivity contribution in [1.82, 2.24) is 24.6 Å². The molecular formula is C34H51N7O4Si. The van der Waals surface area contributed by atoms with Crippen molar-refractivity contribution in [2.24, 2.45) is 0 Å². The third kappa shape index (κ3) is 8.45. The van der Waals surface area contributed by atoms with Gasteiger partial charge in [0.15, 0.2) is 5.65 Å². The van der Waals surface area contributed by atoms with Crippen LogP contribution in [0, 0.1) is 0 Å². The van der Waals surface area contributed by atoms with Gasteiger partial charge in [-0.15, -0.1) is 0 Å². The maximum absolute atomic E-state index is 12.9. The lowest BCUT2D eigenvalue weighted by atomic mass is 10.0. The monoisotopic (exact) mass is 649 g/mol. The van der Waals surface area contributed by atoms with E-state index in [1.165, 1.54) is 5.57 Å². The van der Waals surface area contributed by atoms with E-state index in [1.54, 1.807) is 0 Å². The number of aromatic nitrogens is 4. The molecule has 0 radical (unpaired) electrons. The molecule has 3 aromatic heterocycles. The summed E-state index contributed by atoms with van der Waals surface area (Å²) in [5.74, 6) is 0.901. The van der Waals surface area contributed by atoms with Crippen LogP contribution in [0.15, 0.2) is 36.5 Å². The normalized spacial score (nSPS) is 19.3. The number of fused-ring (bicyclic) bond motifs is 1. The zero-order chi connectivity index (χ0) is 33.1. The maximum atomic E-state index is 12.9. The Hall–Kier alpha value is -3.48. The molecule has 0 bridgehead atoms. The second kappa shape index (κ2) is 14.1. The highest BCUT2D eigenvalue weighted by Crippen LogP contribution is 2.33. The van der Waals surface area contributed by atoms with E-state index in [9.17, 15) is 4.79 Å². The number of ether oxygens (including phenoxy) is 3. The summed E-state index contributed by atoms with van der Waals surface area (Å²) < 4.78 is 19.3. The van der Waals surface area contributed by atoms with Crippen LogP contribution in [0.1, 0.15) is 52.4 Å². The van der Waals surface area contributed by atoms with Crippen LogP contribution in [0.2, 0.25) is 25.7 Å². The minimum Gasteiger partial charge on any atom is -0.444 e. The Labute approximate surface area is 274 Å². The first kappa shape index (κ1) is 33.9. The summed E-state index contributed by atoms with van der Waals surface area (Å²) in [6, 6.07) is 9.21. The van der Waals surface area contributed by atoms with Gasteiger partial charge in [0.2, 0.25) is 0 Å². The number of hydrogen-bond acceptors (Lipinski definition) is 9. The summed E-state index contributed by atoms with van der Waals surface area (Å²) in [5, 5.41) is 9.63. The van der Waals surface area contributed by atoms with Crippen molar-refractivity contribution >= 4 is 42.3 Å². The van der Waals surface area contributed by atoms with Gasteiger partial charge >= 0.3 is 6.09 Å². The molecule has 2 aliphatic rings. The van der Waals surface area contributed by atoms with Gasteiger partial charge in [-0.2, -0.15) is 5.10 Å². The number of pyridine rings is 2. The maximum Gasteiger partial charge on any atom is 0.410 e. The molecule has 0 unspecified atom stereocenters. The molecule has 1 amide bonds.